The Bertz CT molecular complexity index is 1140. The highest BCUT2D eigenvalue weighted by Gasteiger charge is 2.16. The third-order valence-electron chi connectivity index (χ3n) is 5.14. The van der Waals surface area contributed by atoms with Gasteiger partial charge in [0.2, 0.25) is 0 Å². The molecule has 3 heterocycles. The van der Waals surface area contributed by atoms with E-state index in [0.717, 1.165) is 28.9 Å². The fraction of sp³-hybridized carbons (Fsp3) is 0.0800. The first kappa shape index (κ1) is 17.3. The number of pyridine rings is 2. The molecule has 0 radical (unpaired) electrons. The van der Waals surface area contributed by atoms with E-state index in [4.69, 9.17) is 0 Å². The molecule has 29 heavy (non-hydrogen) atoms. The quantitative estimate of drug-likeness (QED) is 0.491. The zero-order valence-electron chi connectivity index (χ0n) is 15.9. The summed E-state index contributed by atoms with van der Waals surface area (Å²) in [6.07, 6.45) is 7.50. The van der Waals surface area contributed by atoms with Gasteiger partial charge in [0.1, 0.15) is 6.67 Å². The second-order valence-corrected chi connectivity index (χ2v) is 7.08. The first-order valence-corrected chi connectivity index (χ1v) is 9.66. The maximum Gasteiger partial charge on any atom is 0.110 e. The molecular weight excluding hydrogens is 356 g/mol. The SMILES string of the molecule is C1=NCN(Cc2ccc(-c3ccncc3)nc2)c2cc(-c3ccccc3)ccc21. The summed E-state index contributed by atoms with van der Waals surface area (Å²) in [5.41, 5.74) is 8.00. The largest absolute Gasteiger partial charge is 0.347 e. The maximum absolute atomic E-state index is 4.64. The molecule has 2 aromatic heterocycles. The van der Waals surface area contributed by atoms with Gasteiger partial charge in [-0.05, 0) is 41.0 Å². The van der Waals surface area contributed by atoms with Crippen LogP contribution in [0.5, 0.6) is 0 Å². The number of fused-ring (bicyclic) bond motifs is 1. The summed E-state index contributed by atoms with van der Waals surface area (Å²) in [6, 6.07) is 25.2. The van der Waals surface area contributed by atoms with Crippen molar-refractivity contribution in [2.75, 3.05) is 11.6 Å². The number of aromatic nitrogens is 2. The number of hydrogen-bond donors (Lipinski definition) is 0. The molecule has 0 spiro atoms. The molecule has 4 nitrogen and oxygen atoms in total. The Kier molecular flexibility index (Phi) is 4.59. The number of nitrogens with zero attached hydrogens (tertiary/aromatic N) is 4. The molecule has 1 aliphatic rings. The van der Waals surface area contributed by atoms with Crippen molar-refractivity contribution >= 4 is 11.9 Å². The van der Waals surface area contributed by atoms with Crippen molar-refractivity contribution in [2.45, 2.75) is 6.54 Å². The zero-order valence-corrected chi connectivity index (χ0v) is 15.9. The van der Waals surface area contributed by atoms with Gasteiger partial charge in [-0.3, -0.25) is 15.0 Å². The molecule has 0 unspecified atom stereocenters. The van der Waals surface area contributed by atoms with Crippen LogP contribution in [-0.4, -0.2) is 22.9 Å². The molecule has 1 aliphatic heterocycles. The van der Waals surface area contributed by atoms with Crippen LogP contribution < -0.4 is 4.90 Å². The first-order valence-electron chi connectivity index (χ1n) is 9.66. The van der Waals surface area contributed by atoms with E-state index in [1.807, 2.05) is 30.6 Å². The normalized spacial score (nSPS) is 12.6. The Labute approximate surface area is 170 Å². The van der Waals surface area contributed by atoms with Crippen LogP contribution in [0.25, 0.3) is 22.4 Å². The standard InChI is InChI=1S/C25H20N4/c1-2-4-20(5-3-1)22-7-8-23-16-27-18-29(25(23)14-22)17-19-6-9-24(28-15-19)21-10-12-26-13-11-21/h1-16H,17-18H2. The van der Waals surface area contributed by atoms with Crippen molar-refractivity contribution in [2.24, 2.45) is 4.99 Å². The second kappa shape index (κ2) is 7.68. The second-order valence-electron chi connectivity index (χ2n) is 7.08. The van der Waals surface area contributed by atoms with E-state index in [0.29, 0.717) is 6.67 Å². The van der Waals surface area contributed by atoms with E-state index >= 15 is 0 Å². The average molecular weight is 376 g/mol. The lowest BCUT2D eigenvalue weighted by atomic mass is 10.0. The fourth-order valence-corrected chi connectivity index (χ4v) is 3.62. The van der Waals surface area contributed by atoms with E-state index < -0.39 is 0 Å². The summed E-state index contributed by atoms with van der Waals surface area (Å²) in [7, 11) is 0. The van der Waals surface area contributed by atoms with Crippen molar-refractivity contribution in [1.29, 1.82) is 0 Å². The maximum atomic E-state index is 4.64. The van der Waals surface area contributed by atoms with E-state index in [1.165, 1.54) is 16.8 Å². The molecule has 0 saturated carbocycles. The summed E-state index contributed by atoms with van der Waals surface area (Å²) in [4.78, 5) is 15.5. The summed E-state index contributed by atoms with van der Waals surface area (Å²) < 4.78 is 0. The van der Waals surface area contributed by atoms with Crippen molar-refractivity contribution in [3.05, 3.63) is 103 Å². The highest BCUT2D eigenvalue weighted by atomic mass is 15.2. The van der Waals surface area contributed by atoms with Crippen LogP contribution in [0.15, 0.2) is 96.4 Å². The van der Waals surface area contributed by atoms with E-state index in [1.54, 1.807) is 12.4 Å². The summed E-state index contributed by atoms with van der Waals surface area (Å²) in [5.74, 6) is 0. The van der Waals surface area contributed by atoms with Crippen LogP contribution in [0.1, 0.15) is 11.1 Å². The summed E-state index contributed by atoms with van der Waals surface area (Å²) >= 11 is 0. The fourth-order valence-electron chi connectivity index (χ4n) is 3.62. The predicted molar refractivity (Wildman–Crippen MR) is 118 cm³/mol. The molecule has 0 fully saturated rings. The molecule has 0 aliphatic carbocycles. The molecule has 5 rings (SSSR count). The molecule has 140 valence electrons. The van der Waals surface area contributed by atoms with Gasteiger partial charge >= 0.3 is 0 Å². The summed E-state index contributed by atoms with van der Waals surface area (Å²) in [5, 5.41) is 0. The Hall–Kier alpha value is -3.79. The average Bonchev–Trinajstić information content (AvgIpc) is 2.81. The minimum Gasteiger partial charge on any atom is -0.347 e. The molecule has 0 amide bonds. The lowest BCUT2D eigenvalue weighted by Gasteiger charge is -2.28. The molecule has 4 aromatic rings. The zero-order chi connectivity index (χ0) is 19.5. The van der Waals surface area contributed by atoms with E-state index in [2.05, 4.69) is 74.5 Å². The van der Waals surface area contributed by atoms with Crippen LogP contribution in [0.2, 0.25) is 0 Å². The van der Waals surface area contributed by atoms with Crippen LogP contribution in [0, 0.1) is 0 Å². The summed E-state index contributed by atoms with van der Waals surface area (Å²) in [6.45, 7) is 1.42. The van der Waals surface area contributed by atoms with Crippen LogP contribution in [0.4, 0.5) is 5.69 Å². The Morgan fingerprint density at radius 1 is 0.793 bits per heavy atom. The van der Waals surface area contributed by atoms with Gasteiger partial charge in [-0.15, -0.1) is 0 Å². The molecule has 0 atom stereocenters. The number of anilines is 1. The van der Waals surface area contributed by atoms with Crippen LogP contribution in [0.3, 0.4) is 0 Å². The minimum atomic E-state index is 0.650. The van der Waals surface area contributed by atoms with E-state index in [9.17, 15) is 0 Å². The monoisotopic (exact) mass is 376 g/mol. The molecular formula is C25H20N4. The number of benzene rings is 2. The third kappa shape index (κ3) is 3.65. The third-order valence-corrected chi connectivity index (χ3v) is 5.14. The number of aliphatic imine (C=N–C) groups is 1. The van der Waals surface area contributed by atoms with Crippen molar-refractivity contribution < 1.29 is 0 Å². The Morgan fingerprint density at radius 3 is 2.45 bits per heavy atom. The number of hydrogen-bond acceptors (Lipinski definition) is 4. The van der Waals surface area contributed by atoms with Crippen molar-refractivity contribution in [3.8, 4) is 22.4 Å². The highest BCUT2D eigenvalue weighted by Crippen LogP contribution is 2.30. The van der Waals surface area contributed by atoms with Gasteiger partial charge in [0.15, 0.2) is 0 Å². The van der Waals surface area contributed by atoms with Crippen molar-refractivity contribution in [3.63, 3.8) is 0 Å². The topological polar surface area (TPSA) is 41.4 Å². The van der Waals surface area contributed by atoms with Gasteiger partial charge in [-0.2, -0.15) is 0 Å². The molecule has 4 heteroatoms. The highest BCUT2D eigenvalue weighted by molar-refractivity contribution is 5.91. The molecule has 2 aromatic carbocycles. The van der Waals surface area contributed by atoms with Gasteiger partial charge in [-0.1, -0.05) is 48.5 Å². The van der Waals surface area contributed by atoms with Gasteiger partial charge in [-0.25, -0.2) is 0 Å². The molecule has 0 bridgehead atoms. The van der Waals surface area contributed by atoms with Crippen LogP contribution >= 0.6 is 0 Å². The minimum absolute atomic E-state index is 0.650. The Balaban J connectivity index is 1.41. The van der Waals surface area contributed by atoms with Crippen molar-refractivity contribution in [1.82, 2.24) is 9.97 Å². The molecule has 0 N–H and O–H groups in total. The predicted octanol–water partition coefficient (Wildman–Crippen LogP) is 5.21. The van der Waals surface area contributed by atoms with Gasteiger partial charge in [0.25, 0.3) is 0 Å². The first-order chi connectivity index (χ1) is 14.4. The van der Waals surface area contributed by atoms with Crippen LogP contribution in [-0.2, 0) is 6.54 Å². The molecule has 0 saturated heterocycles. The lowest BCUT2D eigenvalue weighted by Crippen LogP contribution is -2.26. The number of rotatable bonds is 4. The Morgan fingerprint density at radius 2 is 1.66 bits per heavy atom. The lowest BCUT2D eigenvalue weighted by molar-refractivity contribution is 0.803. The van der Waals surface area contributed by atoms with Gasteiger partial charge in [0.05, 0.1) is 5.69 Å². The van der Waals surface area contributed by atoms with Gasteiger partial charge < -0.3 is 4.90 Å². The van der Waals surface area contributed by atoms with E-state index in [-0.39, 0.29) is 0 Å². The smallest absolute Gasteiger partial charge is 0.110 e. The van der Waals surface area contributed by atoms with Gasteiger partial charge in [0, 0.05) is 48.2 Å².